The molecule has 1 aromatic heterocycles. The van der Waals surface area contributed by atoms with Crippen LogP contribution >= 0.6 is 0 Å². The summed E-state index contributed by atoms with van der Waals surface area (Å²) in [5.41, 5.74) is 1.14. The molecule has 6 heteroatoms. The van der Waals surface area contributed by atoms with Crippen LogP contribution in [0.4, 0.5) is 0 Å². The largest absolute Gasteiger partial charge is 0.467 e. The Morgan fingerprint density at radius 3 is 3.18 bits per heavy atom. The van der Waals surface area contributed by atoms with Crippen molar-refractivity contribution >= 4 is 5.97 Å². The summed E-state index contributed by atoms with van der Waals surface area (Å²) in [6.45, 7) is 2.73. The average molecular weight is 239 g/mol. The number of rotatable bonds is 3. The van der Waals surface area contributed by atoms with Gasteiger partial charge in [0.05, 0.1) is 19.9 Å². The van der Waals surface area contributed by atoms with Gasteiger partial charge in [-0.1, -0.05) is 0 Å². The molecule has 1 atom stereocenters. The van der Waals surface area contributed by atoms with E-state index in [1.54, 1.807) is 4.68 Å². The Labute approximate surface area is 100 Å². The number of aryl methyl sites for hydroxylation is 1. The molecule has 1 saturated heterocycles. The van der Waals surface area contributed by atoms with Crippen molar-refractivity contribution in [2.45, 2.75) is 12.6 Å². The molecule has 0 amide bonds. The fourth-order valence-electron chi connectivity index (χ4n) is 1.93. The fourth-order valence-corrected chi connectivity index (χ4v) is 1.93. The van der Waals surface area contributed by atoms with Gasteiger partial charge < -0.3 is 9.47 Å². The summed E-state index contributed by atoms with van der Waals surface area (Å²) in [5, 5.41) is 4.12. The molecule has 0 saturated carbocycles. The third kappa shape index (κ3) is 3.04. The third-order valence-electron chi connectivity index (χ3n) is 2.78. The van der Waals surface area contributed by atoms with E-state index in [-0.39, 0.29) is 5.97 Å². The van der Waals surface area contributed by atoms with Crippen molar-refractivity contribution < 1.29 is 14.3 Å². The van der Waals surface area contributed by atoms with E-state index < -0.39 is 6.10 Å². The normalized spacial score (nSPS) is 21.4. The summed E-state index contributed by atoms with van der Waals surface area (Å²) in [7, 11) is 3.27. The number of hydrogen-bond donors (Lipinski definition) is 0. The topological polar surface area (TPSA) is 56.6 Å². The number of esters is 1. The molecule has 0 bridgehead atoms. The Hall–Kier alpha value is -1.40. The van der Waals surface area contributed by atoms with Crippen LogP contribution in [0.25, 0.3) is 0 Å². The Balaban J connectivity index is 1.91. The van der Waals surface area contributed by atoms with Gasteiger partial charge in [-0.15, -0.1) is 0 Å². The Bertz CT molecular complexity index is 391. The predicted octanol–water partition coefficient (Wildman–Crippen LogP) is -0.206. The van der Waals surface area contributed by atoms with E-state index in [0.29, 0.717) is 13.2 Å². The van der Waals surface area contributed by atoms with Gasteiger partial charge in [-0.2, -0.15) is 5.10 Å². The first-order chi connectivity index (χ1) is 8.19. The second-order valence-electron chi connectivity index (χ2n) is 4.14. The summed E-state index contributed by atoms with van der Waals surface area (Å²) in [6, 6.07) is 0. The molecule has 1 aromatic rings. The SMILES string of the molecule is COC(=O)C1CN(Cc2cnn(C)c2)CCO1. The second-order valence-corrected chi connectivity index (χ2v) is 4.14. The molecule has 2 rings (SSSR count). The number of hydrogen-bond acceptors (Lipinski definition) is 5. The standard InChI is InChI=1S/C11H17N3O3/c1-13-6-9(5-12-13)7-14-3-4-17-10(8-14)11(15)16-2/h5-6,10H,3-4,7-8H2,1-2H3. The number of carbonyl (C=O) groups excluding carboxylic acids is 1. The van der Waals surface area contributed by atoms with Gasteiger partial charge >= 0.3 is 5.97 Å². The van der Waals surface area contributed by atoms with Crippen LogP contribution in [0.1, 0.15) is 5.56 Å². The smallest absolute Gasteiger partial charge is 0.336 e. The van der Waals surface area contributed by atoms with Crippen LogP contribution in [-0.4, -0.2) is 53.6 Å². The minimum absolute atomic E-state index is 0.305. The Morgan fingerprint density at radius 2 is 2.53 bits per heavy atom. The van der Waals surface area contributed by atoms with Crippen LogP contribution in [0, 0.1) is 0 Å². The molecular weight excluding hydrogens is 222 g/mol. The van der Waals surface area contributed by atoms with Gasteiger partial charge in [0.1, 0.15) is 0 Å². The average Bonchev–Trinajstić information content (AvgIpc) is 2.74. The summed E-state index contributed by atoms with van der Waals surface area (Å²) >= 11 is 0. The van der Waals surface area contributed by atoms with Crippen molar-refractivity contribution in [1.82, 2.24) is 14.7 Å². The van der Waals surface area contributed by atoms with Gasteiger partial charge in [-0.25, -0.2) is 4.79 Å². The second kappa shape index (κ2) is 5.29. The maximum absolute atomic E-state index is 11.4. The van der Waals surface area contributed by atoms with E-state index in [2.05, 4.69) is 14.7 Å². The molecule has 1 unspecified atom stereocenters. The van der Waals surface area contributed by atoms with Crippen LogP contribution in [0.15, 0.2) is 12.4 Å². The summed E-state index contributed by atoms with van der Waals surface area (Å²) < 4.78 is 11.8. The zero-order valence-electron chi connectivity index (χ0n) is 10.1. The van der Waals surface area contributed by atoms with Crippen LogP contribution in [0.3, 0.4) is 0 Å². The first-order valence-electron chi connectivity index (χ1n) is 5.58. The van der Waals surface area contributed by atoms with Crippen LogP contribution in [-0.2, 0) is 27.9 Å². The number of nitrogens with zero attached hydrogens (tertiary/aromatic N) is 3. The predicted molar refractivity (Wildman–Crippen MR) is 60.2 cm³/mol. The monoisotopic (exact) mass is 239 g/mol. The Morgan fingerprint density at radius 1 is 1.71 bits per heavy atom. The first kappa shape index (κ1) is 12.1. The van der Waals surface area contributed by atoms with Crippen LogP contribution < -0.4 is 0 Å². The highest BCUT2D eigenvalue weighted by Crippen LogP contribution is 2.10. The van der Waals surface area contributed by atoms with E-state index in [0.717, 1.165) is 18.7 Å². The van der Waals surface area contributed by atoms with Gasteiger partial charge in [-0.05, 0) is 0 Å². The first-order valence-corrected chi connectivity index (χ1v) is 5.58. The van der Waals surface area contributed by atoms with Crippen molar-refractivity contribution in [3.63, 3.8) is 0 Å². The van der Waals surface area contributed by atoms with Gasteiger partial charge in [0.2, 0.25) is 0 Å². The molecule has 0 N–H and O–H groups in total. The molecule has 94 valence electrons. The zero-order chi connectivity index (χ0) is 12.3. The lowest BCUT2D eigenvalue weighted by atomic mass is 10.2. The maximum atomic E-state index is 11.4. The van der Waals surface area contributed by atoms with E-state index in [1.807, 2.05) is 19.4 Å². The molecule has 0 aromatic carbocycles. The molecule has 1 fully saturated rings. The summed E-state index contributed by atoms with van der Waals surface area (Å²) in [4.78, 5) is 13.5. The zero-order valence-corrected chi connectivity index (χ0v) is 10.1. The number of morpholine rings is 1. The van der Waals surface area contributed by atoms with Crippen molar-refractivity contribution in [2.24, 2.45) is 7.05 Å². The van der Waals surface area contributed by atoms with E-state index in [9.17, 15) is 4.79 Å². The van der Waals surface area contributed by atoms with Gasteiger partial charge in [0.25, 0.3) is 0 Å². The summed E-state index contributed by atoms with van der Waals surface area (Å²) in [6.07, 6.45) is 3.34. The minimum atomic E-state index is -0.467. The lowest BCUT2D eigenvalue weighted by Gasteiger charge is -2.30. The quantitative estimate of drug-likeness (QED) is 0.683. The third-order valence-corrected chi connectivity index (χ3v) is 2.78. The highest BCUT2D eigenvalue weighted by molar-refractivity contribution is 5.74. The molecule has 2 heterocycles. The van der Waals surface area contributed by atoms with Crippen molar-refractivity contribution in [1.29, 1.82) is 0 Å². The van der Waals surface area contributed by atoms with Gasteiger partial charge in [0, 0.05) is 38.4 Å². The number of carbonyl (C=O) groups is 1. The molecular formula is C11H17N3O3. The molecule has 6 nitrogen and oxygen atoms in total. The lowest BCUT2D eigenvalue weighted by molar-refractivity contribution is -0.160. The fraction of sp³-hybridized carbons (Fsp3) is 0.636. The molecule has 17 heavy (non-hydrogen) atoms. The van der Waals surface area contributed by atoms with Crippen LogP contribution in [0.2, 0.25) is 0 Å². The summed E-state index contributed by atoms with van der Waals surface area (Å²) in [5.74, 6) is -0.305. The Kier molecular flexibility index (Phi) is 3.75. The van der Waals surface area contributed by atoms with E-state index in [4.69, 9.17) is 4.74 Å². The molecule has 1 aliphatic heterocycles. The van der Waals surface area contributed by atoms with Crippen molar-refractivity contribution in [2.75, 3.05) is 26.8 Å². The highest BCUT2D eigenvalue weighted by atomic mass is 16.6. The van der Waals surface area contributed by atoms with Crippen LogP contribution in [0.5, 0.6) is 0 Å². The van der Waals surface area contributed by atoms with Crippen molar-refractivity contribution in [3.8, 4) is 0 Å². The van der Waals surface area contributed by atoms with E-state index in [1.165, 1.54) is 7.11 Å². The van der Waals surface area contributed by atoms with Crippen molar-refractivity contribution in [3.05, 3.63) is 18.0 Å². The molecule has 0 spiro atoms. The lowest BCUT2D eigenvalue weighted by Crippen LogP contribution is -2.45. The van der Waals surface area contributed by atoms with Gasteiger partial charge in [0.15, 0.2) is 6.10 Å². The number of ether oxygens (including phenoxy) is 2. The molecule has 0 aliphatic carbocycles. The highest BCUT2D eigenvalue weighted by Gasteiger charge is 2.27. The molecule has 1 aliphatic rings. The minimum Gasteiger partial charge on any atom is -0.467 e. The molecule has 0 radical (unpaired) electrons. The maximum Gasteiger partial charge on any atom is 0.336 e. The van der Waals surface area contributed by atoms with E-state index >= 15 is 0 Å². The van der Waals surface area contributed by atoms with Gasteiger partial charge in [-0.3, -0.25) is 9.58 Å². The number of aromatic nitrogens is 2. The number of methoxy groups -OCH3 is 1.